The van der Waals surface area contributed by atoms with E-state index in [-0.39, 0.29) is 10.8 Å². The zero-order valence-electron chi connectivity index (χ0n) is 17.4. The average Bonchev–Trinajstić information content (AvgIpc) is 3.42. The van der Waals surface area contributed by atoms with Gasteiger partial charge in [0.25, 0.3) is 5.91 Å². The van der Waals surface area contributed by atoms with E-state index in [2.05, 4.69) is 4.90 Å². The van der Waals surface area contributed by atoms with Crippen molar-refractivity contribution in [3.8, 4) is 5.75 Å². The van der Waals surface area contributed by atoms with Crippen LogP contribution in [0.2, 0.25) is 0 Å². The molecule has 1 aromatic rings. The van der Waals surface area contributed by atoms with Gasteiger partial charge in [0.2, 0.25) is 5.91 Å². The van der Waals surface area contributed by atoms with E-state index in [0.29, 0.717) is 31.0 Å². The molecule has 2 saturated heterocycles. The predicted octanol–water partition coefficient (Wildman–Crippen LogP) is 4.17. The summed E-state index contributed by atoms with van der Waals surface area (Å²) in [6.45, 7) is 2.29. The lowest BCUT2D eigenvalue weighted by molar-refractivity contribution is -0.135. The van der Waals surface area contributed by atoms with Crippen LogP contribution >= 0.6 is 11.8 Å². The maximum absolute atomic E-state index is 13.0. The number of benzene rings is 1. The summed E-state index contributed by atoms with van der Waals surface area (Å²) < 4.78 is 5.18. The summed E-state index contributed by atoms with van der Waals surface area (Å²) in [4.78, 5) is 29.9. The van der Waals surface area contributed by atoms with E-state index in [0.717, 1.165) is 43.2 Å². The number of methoxy groups -OCH3 is 1. The quantitative estimate of drug-likeness (QED) is 0.723. The number of piperidine rings is 1. The average molecular weight is 417 g/mol. The lowest BCUT2D eigenvalue weighted by atomic mass is 9.98. The first kappa shape index (κ1) is 20.6. The van der Waals surface area contributed by atoms with Crippen molar-refractivity contribution in [3.63, 3.8) is 0 Å². The van der Waals surface area contributed by atoms with Crippen LogP contribution in [0.3, 0.4) is 0 Å². The topological polar surface area (TPSA) is 49.9 Å². The molecule has 1 aromatic carbocycles. The van der Waals surface area contributed by atoms with Crippen LogP contribution in [0.1, 0.15) is 61.7 Å². The SMILES string of the molecule is COc1ccc(C(=O)N2CCC3(CC2)SCCN3C(=O)CCC2CCCC2)cc1. The standard InChI is InChI=1S/C23H32N2O3S/c1-28-20-9-7-19(8-10-20)22(27)24-14-12-23(13-15-24)25(16-17-29-23)21(26)11-6-18-4-2-3-5-18/h7-10,18H,2-6,11-17H2,1H3. The first-order chi connectivity index (χ1) is 14.1. The Balaban J connectivity index is 1.33. The molecule has 0 aromatic heterocycles. The smallest absolute Gasteiger partial charge is 0.253 e. The van der Waals surface area contributed by atoms with Crippen molar-refractivity contribution in [2.45, 2.75) is 56.2 Å². The molecule has 0 radical (unpaired) electrons. The Morgan fingerprint density at radius 1 is 1.10 bits per heavy atom. The molecule has 3 aliphatic rings. The van der Waals surface area contributed by atoms with Crippen LogP contribution in [0.25, 0.3) is 0 Å². The molecule has 29 heavy (non-hydrogen) atoms. The minimum absolute atomic E-state index is 0.0737. The minimum atomic E-state index is -0.0938. The number of rotatable bonds is 5. The number of amides is 2. The zero-order valence-corrected chi connectivity index (χ0v) is 18.2. The third kappa shape index (κ3) is 4.42. The van der Waals surface area contributed by atoms with Crippen molar-refractivity contribution in [1.82, 2.24) is 9.80 Å². The fourth-order valence-electron chi connectivity index (χ4n) is 5.11. The predicted molar refractivity (Wildman–Crippen MR) is 116 cm³/mol. The van der Waals surface area contributed by atoms with Crippen LogP contribution in [0.4, 0.5) is 0 Å². The van der Waals surface area contributed by atoms with E-state index in [1.54, 1.807) is 7.11 Å². The van der Waals surface area contributed by atoms with Crippen LogP contribution in [0, 0.1) is 5.92 Å². The van der Waals surface area contributed by atoms with E-state index in [9.17, 15) is 9.59 Å². The molecule has 2 aliphatic heterocycles. The second kappa shape index (κ2) is 8.99. The van der Waals surface area contributed by atoms with Crippen LogP contribution in [-0.4, -0.2) is 59.0 Å². The Morgan fingerprint density at radius 3 is 2.45 bits per heavy atom. The minimum Gasteiger partial charge on any atom is -0.497 e. The van der Waals surface area contributed by atoms with E-state index in [1.165, 1.54) is 25.7 Å². The molecule has 158 valence electrons. The van der Waals surface area contributed by atoms with Crippen LogP contribution in [0.5, 0.6) is 5.75 Å². The number of likely N-dealkylation sites (tertiary alicyclic amines) is 1. The molecule has 3 fully saturated rings. The van der Waals surface area contributed by atoms with Gasteiger partial charge in [-0.2, -0.15) is 0 Å². The third-order valence-corrected chi connectivity index (χ3v) is 8.44. The molecule has 0 unspecified atom stereocenters. The van der Waals surface area contributed by atoms with Gasteiger partial charge in [0.05, 0.1) is 12.0 Å². The number of nitrogens with zero attached hydrogens (tertiary/aromatic N) is 2. The van der Waals surface area contributed by atoms with E-state index in [4.69, 9.17) is 4.74 Å². The van der Waals surface area contributed by atoms with E-state index in [1.807, 2.05) is 40.9 Å². The Bertz CT molecular complexity index is 722. The molecule has 6 heteroatoms. The molecule has 4 rings (SSSR count). The molecule has 1 saturated carbocycles. The number of thioether (sulfide) groups is 1. The highest BCUT2D eigenvalue weighted by Gasteiger charge is 2.46. The van der Waals surface area contributed by atoms with Crippen molar-refractivity contribution in [1.29, 1.82) is 0 Å². The second-order valence-corrected chi connectivity index (χ2v) is 10.0. The number of hydrogen-bond donors (Lipinski definition) is 0. The molecule has 2 heterocycles. The van der Waals surface area contributed by atoms with Gasteiger partial charge in [-0.25, -0.2) is 0 Å². The van der Waals surface area contributed by atoms with Gasteiger partial charge >= 0.3 is 0 Å². The summed E-state index contributed by atoms with van der Waals surface area (Å²) in [7, 11) is 1.63. The summed E-state index contributed by atoms with van der Waals surface area (Å²) in [5.74, 6) is 2.94. The molecular weight excluding hydrogens is 384 g/mol. The van der Waals surface area contributed by atoms with E-state index < -0.39 is 0 Å². The lowest BCUT2D eigenvalue weighted by Gasteiger charge is -2.44. The second-order valence-electron chi connectivity index (χ2n) is 8.55. The summed E-state index contributed by atoms with van der Waals surface area (Å²) in [5, 5.41) is 0. The summed E-state index contributed by atoms with van der Waals surface area (Å²) in [5.41, 5.74) is 0.699. The Kier molecular flexibility index (Phi) is 6.38. The molecule has 5 nitrogen and oxygen atoms in total. The fourth-order valence-corrected chi connectivity index (χ4v) is 6.59. The number of carbonyl (C=O) groups excluding carboxylic acids is 2. The van der Waals surface area contributed by atoms with Crippen molar-refractivity contribution >= 4 is 23.6 Å². The van der Waals surface area contributed by atoms with Crippen molar-refractivity contribution in [3.05, 3.63) is 29.8 Å². The number of carbonyl (C=O) groups is 2. The molecule has 2 amide bonds. The van der Waals surface area contributed by atoms with Gasteiger partial charge in [0, 0.05) is 37.4 Å². The van der Waals surface area contributed by atoms with Gasteiger partial charge in [0.15, 0.2) is 0 Å². The Hall–Kier alpha value is -1.69. The van der Waals surface area contributed by atoms with Gasteiger partial charge in [0.1, 0.15) is 5.75 Å². The Labute approximate surface area is 178 Å². The molecule has 1 spiro atoms. The number of hydrogen-bond acceptors (Lipinski definition) is 4. The monoisotopic (exact) mass is 416 g/mol. The third-order valence-electron chi connectivity index (χ3n) is 6.89. The van der Waals surface area contributed by atoms with Crippen LogP contribution in [0.15, 0.2) is 24.3 Å². The maximum Gasteiger partial charge on any atom is 0.253 e. The molecule has 1 aliphatic carbocycles. The van der Waals surface area contributed by atoms with Crippen LogP contribution in [-0.2, 0) is 4.79 Å². The highest BCUT2D eigenvalue weighted by Crippen LogP contribution is 2.44. The van der Waals surface area contributed by atoms with E-state index >= 15 is 0 Å². The number of ether oxygens (including phenoxy) is 1. The normalized spacial score (nSPS) is 21.7. The molecule has 0 bridgehead atoms. The molecule has 0 N–H and O–H groups in total. The van der Waals surface area contributed by atoms with Gasteiger partial charge in [-0.15, -0.1) is 11.8 Å². The highest BCUT2D eigenvalue weighted by molar-refractivity contribution is 8.00. The first-order valence-corrected chi connectivity index (χ1v) is 12.0. The van der Waals surface area contributed by atoms with Gasteiger partial charge in [-0.05, 0) is 49.4 Å². The van der Waals surface area contributed by atoms with Gasteiger partial charge in [-0.1, -0.05) is 25.7 Å². The summed E-state index contributed by atoms with van der Waals surface area (Å²) in [6, 6.07) is 7.32. The van der Waals surface area contributed by atoms with Crippen molar-refractivity contribution in [2.24, 2.45) is 5.92 Å². The zero-order chi connectivity index (χ0) is 20.3. The first-order valence-electron chi connectivity index (χ1n) is 11.0. The van der Waals surface area contributed by atoms with Crippen molar-refractivity contribution < 1.29 is 14.3 Å². The Morgan fingerprint density at radius 2 is 1.79 bits per heavy atom. The van der Waals surface area contributed by atoms with Gasteiger partial charge in [-0.3, -0.25) is 9.59 Å². The summed E-state index contributed by atoms with van der Waals surface area (Å²) >= 11 is 1.93. The largest absolute Gasteiger partial charge is 0.497 e. The van der Waals surface area contributed by atoms with Crippen molar-refractivity contribution in [2.75, 3.05) is 32.5 Å². The highest BCUT2D eigenvalue weighted by atomic mass is 32.2. The van der Waals surface area contributed by atoms with Crippen LogP contribution < -0.4 is 4.74 Å². The van der Waals surface area contributed by atoms with Gasteiger partial charge < -0.3 is 14.5 Å². The lowest BCUT2D eigenvalue weighted by Crippen LogP contribution is -2.53. The summed E-state index contributed by atoms with van der Waals surface area (Å²) in [6.07, 6.45) is 8.76. The fraction of sp³-hybridized carbons (Fsp3) is 0.652. The molecular formula is C23H32N2O3S. The maximum atomic E-state index is 13.0. The molecule has 0 atom stereocenters.